The van der Waals surface area contributed by atoms with Crippen molar-refractivity contribution in [2.45, 2.75) is 19.8 Å². The highest BCUT2D eigenvalue weighted by Gasteiger charge is 2.07. The molecule has 0 atom stereocenters. The Labute approximate surface area is 164 Å². The number of carbonyl (C=O) groups excluding carboxylic acids is 1. The second-order valence-electron chi connectivity index (χ2n) is 7.04. The summed E-state index contributed by atoms with van der Waals surface area (Å²) in [4.78, 5) is 12.2. The highest BCUT2D eigenvalue weighted by molar-refractivity contribution is 5.95. The van der Waals surface area contributed by atoms with Gasteiger partial charge in [0, 0.05) is 17.5 Å². The van der Waals surface area contributed by atoms with Crippen molar-refractivity contribution in [2.75, 3.05) is 6.54 Å². The molecule has 0 radical (unpaired) electrons. The fourth-order valence-corrected chi connectivity index (χ4v) is 3.40. The summed E-state index contributed by atoms with van der Waals surface area (Å²) in [6.07, 6.45) is 3.70. The van der Waals surface area contributed by atoms with Crippen LogP contribution < -0.4 is 5.32 Å². The molecule has 4 heteroatoms. The molecule has 0 saturated carbocycles. The van der Waals surface area contributed by atoms with Gasteiger partial charge in [-0.2, -0.15) is 5.10 Å². The second-order valence-corrected chi connectivity index (χ2v) is 7.04. The summed E-state index contributed by atoms with van der Waals surface area (Å²) in [7, 11) is 0. The maximum atomic E-state index is 12.2. The van der Waals surface area contributed by atoms with E-state index in [0.717, 1.165) is 34.9 Å². The standard InChI is InChI=1S/C24H23N3O/c1-17-5-2-3-7-22(17)24(28)25-14-4-6-18-8-10-19(11-9-18)20-12-13-23-21(15-20)16-26-27-23/h2-3,5,7-13,15-16H,4,6,14H2,1H3,(H,25,28)(H,26,27). The first-order valence-electron chi connectivity index (χ1n) is 9.57. The second kappa shape index (κ2) is 8.09. The van der Waals surface area contributed by atoms with E-state index < -0.39 is 0 Å². The third-order valence-electron chi connectivity index (χ3n) is 5.04. The minimum Gasteiger partial charge on any atom is -0.352 e. The van der Waals surface area contributed by atoms with Crippen LogP contribution in [-0.2, 0) is 6.42 Å². The van der Waals surface area contributed by atoms with Crippen LogP contribution in [0.4, 0.5) is 0 Å². The van der Waals surface area contributed by atoms with Gasteiger partial charge in [0.2, 0.25) is 0 Å². The zero-order valence-corrected chi connectivity index (χ0v) is 15.9. The Balaban J connectivity index is 1.31. The van der Waals surface area contributed by atoms with Crippen molar-refractivity contribution < 1.29 is 4.79 Å². The van der Waals surface area contributed by atoms with Gasteiger partial charge in [0.1, 0.15) is 0 Å². The molecular weight excluding hydrogens is 346 g/mol. The molecule has 4 nitrogen and oxygen atoms in total. The van der Waals surface area contributed by atoms with Crippen molar-refractivity contribution in [2.24, 2.45) is 0 Å². The number of nitrogens with one attached hydrogen (secondary N) is 2. The number of benzene rings is 3. The molecule has 0 aliphatic heterocycles. The summed E-state index contributed by atoms with van der Waals surface area (Å²) in [5, 5.41) is 11.2. The summed E-state index contributed by atoms with van der Waals surface area (Å²) in [5.74, 6) is 0.00286. The Bertz CT molecular complexity index is 1100. The van der Waals surface area contributed by atoms with E-state index in [1.54, 1.807) is 0 Å². The zero-order chi connectivity index (χ0) is 19.3. The van der Waals surface area contributed by atoms with Crippen molar-refractivity contribution in [1.29, 1.82) is 0 Å². The minimum atomic E-state index is 0.00286. The molecule has 4 aromatic rings. The molecule has 28 heavy (non-hydrogen) atoms. The number of amides is 1. The van der Waals surface area contributed by atoms with Crippen LogP contribution in [0.3, 0.4) is 0 Å². The lowest BCUT2D eigenvalue weighted by Crippen LogP contribution is -2.25. The van der Waals surface area contributed by atoms with Gasteiger partial charge in [-0.15, -0.1) is 0 Å². The van der Waals surface area contributed by atoms with E-state index in [1.165, 1.54) is 16.7 Å². The number of carbonyl (C=O) groups is 1. The molecule has 0 unspecified atom stereocenters. The summed E-state index contributed by atoms with van der Waals surface area (Å²) >= 11 is 0. The van der Waals surface area contributed by atoms with Gasteiger partial charge in [-0.05, 0) is 60.2 Å². The molecule has 1 aromatic heterocycles. The van der Waals surface area contributed by atoms with Crippen LogP contribution in [0, 0.1) is 6.92 Å². The van der Waals surface area contributed by atoms with Crippen molar-refractivity contribution in [3.05, 3.63) is 89.6 Å². The van der Waals surface area contributed by atoms with Gasteiger partial charge in [0.05, 0.1) is 11.7 Å². The molecule has 0 aliphatic carbocycles. The molecule has 1 amide bonds. The Morgan fingerprint density at radius 3 is 2.61 bits per heavy atom. The average Bonchev–Trinajstić information content (AvgIpc) is 3.20. The van der Waals surface area contributed by atoms with E-state index in [4.69, 9.17) is 0 Å². The summed E-state index contributed by atoms with van der Waals surface area (Å²) in [5.41, 5.74) is 6.46. The molecule has 0 fully saturated rings. The zero-order valence-electron chi connectivity index (χ0n) is 15.9. The number of hydrogen-bond acceptors (Lipinski definition) is 2. The molecule has 140 valence electrons. The van der Waals surface area contributed by atoms with Crippen LogP contribution >= 0.6 is 0 Å². The quantitative estimate of drug-likeness (QED) is 0.475. The fourth-order valence-electron chi connectivity index (χ4n) is 3.40. The normalized spacial score (nSPS) is 10.9. The molecule has 4 rings (SSSR count). The highest BCUT2D eigenvalue weighted by atomic mass is 16.1. The minimum absolute atomic E-state index is 0.00286. The monoisotopic (exact) mass is 369 g/mol. The van der Waals surface area contributed by atoms with Crippen LogP contribution in [0.15, 0.2) is 72.9 Å². The number of H-pyrrole nitrogens is 1. The van der Waals surface area contributed by atoms with Crippen LogP contribution in [-0.4, -0.2) is 22.6 Å². The van der Waals surface area contributed by atoms with Crippen molar-refractivity contribution in [3.8, 4) is 11.1 Å². The van der Waals surface area contributed by atoms with Crippen LogP contribution in [0.5, 0.6) is 0 Å². The molecule has 0 aliphatic rings. The largest absolute Gasteiger partial charge is 0.352 e. The molecule has 2 N–H and O–H groups in total. The van der Waals surface area contributed by atoms with E-state index in [0.29, 0.717) is 6.54 Å². The van der Waals surface area contributed by atoms with Crippen LogP contribution in [0.2, 0.25) is 0 Å². The van der Waals surface area contributed by atoms with Gasteiger partial charge < -0.3 is 5.32 Å². The number of aromatic nitrogens is 2. The molecule has 0 bridgehead atoms. The predicted octanol–water partition coefficient (Wildman–Crippen LogP) is 4.90. The van der Waals surface area contributed by atoms with E-state index >= 15 is 0 Å². The Hall–Kier alpha value is -3.40. The van der Waals surface area contributed by atoms with Crippen molar-refractivity contribution in [3.63, 3.8) is 0 Å². The van der Waals surface area contributed by atoms with E-state index in [2.05, 4.69) is 58.0 Å². The van der Waals surface area contributed by atoms with Crippen LogP contribution in [0.25, 0.3) is 22.0 Å². The predicted molar refractivity (Wildman–Crippen MR) is 113 cm³/mol. The molecule has 0 spiro atoms. The van der Waals surface area contributed by atoms with Crippen molar-refractivity contribution >= 4 is 16.8 Å². The lowest BCUT2D eigenvalue weighted by atomic mass is 10.0. The third kappa shape index (κ3) is 3.96. The number of fused-ring (bicyclic) bond motifs is 1. The molecule has 0 saturated heterocycles. The Morgan fingerprint density at radius 1 is 1.00 bits per heavy atom. The van der Waals surface area contributed by atoms with Gasteiger partial charge in [-0.25, -0.2) is 0 Å². The number of hydrogen-bond donors (Lipinski definition) is 2. The van der Waals surface area contributed by atoms with E-state index in [9.17, 15) is 4.79 Å². The first-order chi connectivity index (χ1) is 13.7. The van der Waals surface area contributed by atoms with Gasteiger partial charge in [0.25, 0.3) is 5.91 Å². The topological polar surface area (TPSA) is 57.8 Å². The number of aryl methyl sites for hydroxylation is 2. The highest BCUT2D eigenvalue weighted by Crippen LogP contribution is 2.24. The first-order valence-corrected chi connectivity index (χ1v) is 9.57. The van der Waals surface area contributed by atoms with Gasteiger partial charge in [0.15, 0.2) is 0 Å². The maximum absolute atomic E-state index is 12.2. The van der Waals surface area contributed by atoms with Crippen molar-refractivity contribution in [1.82, 2.24) is 15.5 Å². The summed E-state index contributed by atoms with van der Waals surface area (Å²) < 4.78 is 0. The first kappa shape index (κ1) is 18.0. The summed E-state index contributed by atoms with van der Waals surface area (Å²) in [6, 6.07) is 22.6. The van der Waals surface area contributed by atoms with E-state index in [-0.39, 0.29) is 5.91 Å². The van der Waals surface area contributed by atoms with Gasteiger partial charge in [-0.1, -0.05) is 48.5 Å². The smallest absolute Gasteiger partial charge is 0.251 e. The average molecular weight is 369 g/mol. The number of rotatable bonds is 6. The SMILES string of the molecule is Cc1ccccc1C(=O)NCCCc1ccc(-c2ccc3[nH]ncc3c2)cc1. The fraction of sp³-hybridized carbons (Fsp3) is 0.167. The Kier molecular flexibility index (Phi) is 5.20. The van der Waals surface area contributed by atoms with Crippen LogP contribution in [0.1, 0.15) is 27.9 Å². The van der Waals surface area contributed by atoms with E-state index in [1.807, 2.05) is 37.4 Å². The van der Waals surface area contributed by atoms with Gasteiger partial charge in [-0.3, -0.25) is 9.89 Å². The third-order valence-corrected chi connectivity index (χ3v) is 5.04. The molecule has 1 heterocycles. The summed E-state index contributed by atoms with van der Waals surface area (Å²) in [6.45, 7) is 2.63. The Morgan fingerprint density at radius 2 is 1.79 bits per heavy atom. The maximum Gasteiger partial charge on any atom is 0.251 e. The number of nitrogens with zero attached hydrogens (tertiary/aromatic N) is 1. The number of aromatic amines is 1. The van der Waals surface area contributed by atoms with Gasteiger partial charge >= 0.3 is 0 Å². The lowest BCUT2D eigenvalue weighted by Gasteiger charge is -2.08. The molecule has 3 aromatic carbocycles. The lowest BCUT2D eigenvalue weighted by molar-refractivity contribution is 0.0952. The molecular formula is C24H23N3O.